The highest BCUT2D eigenvalue weighted by atomic mass is 35.5. The largest absolute Gasteiger partial charge is 0.336 e. The molecule has 0 aromatic carbocycles. The number of hydrogen-bond donors (Lipinski definition) is 0. The zero-order valence-corrected chi connectivity index (χ0v) is 13.9. The average molecular weight is 310 g/mol. The molecule has 4 nitrogen and oxygen atoms in total. The van der Waals surface area contributed by atoms with Crippen LogP contribution < -0.4 is 0 Å². The number of halogens is 1. The maximum atomic E-state index is 12.5. The SMILES string of the molecule is Cc1cc(Cl)c(C(=O)N2CCN(CCC(C)C)CC2)cn1. The molecular formula is C16H24ClN3O. The molecule has 0 unspecified atom stereocenters. The summed E-state index contributed by atoms with van der Waals surface area (Å²) in [7, 11) is 0. The van der Waals surface area contributed by atoms with E-state index in [0.717, 1.165) is 44.3 Å². The first kappa shape index (κ1) is 16.2. The maximum Gasteiger partial charge on any atom is 0.257 e. The number of aryl methyl sites for hydroxylation is 1. The summed E-state index contributed by atoms with van der Waals surface area (Å²) in [6, 6.07) is 1.74. The predicted molar refractivity (Wildman–Crippen MR) is 85.8 cm³/mol. The van der Waals surface area contributed by atoms with Crippen molar-refractivity contribution in [3.8, 4) is 0 Å². The summed E-state index contributed by atoms with van der Waals surface area (Å²) in [5, 5.41) is 0.495. The Labute approximate surface area is 132 Å². The lowest BCUT2D eigenvalue weighted by Crippen LogP contribution is -2.49. The lowest BCUT2D eigenvalue weighted by molar-refractivity contribution is 0.0631. The van der Waals surface area contributed by atoms with Crippen LogP contribution in [0.4, 0.5) is 0 Å². The fourth-order valence-electron chi connectivity index (χ4n) is 2.47. The number of carbonyl (C=O) groups is 1. The minimum atomic E-state index is -0.00369. The van der Waals surface area contributed by atoms with E-state index < -0.39 is 0 Å². The van der Waals surface area contributed by atoms with Crippen LogP contribution in [0.15, 0.2) is 12.3 Å². The van der Waals surface area contributed by atoms with Gasteiger partial charge in [-0.05, 0) is 31.9 Å². The second-order valence-corrected chi connectivity index (χ2v) is 6.53. The smallest absolute Gasteiger partial charge is 0.257 e. The number of piperazine rings is 1. The van der Waals surface area contributed by atoms with E-state index in [1.165, 1.54) is 6.42 Å². The molecule has 0 atom stereocenters. The average Bonchev–Trinajstić information content (AvgIpc) is 2.45. The van der Waals surface area contributed by atoms with E-state index in [0.29, 0.717) is 10.6 Å². The van der Waals surface area contributed by atoms with Crippen molar-refractivity contribution in [3.63, 3.8) is 0 Å². The van der Waals surface area contributed by atoms with Gasteiger partial charge in [0.15, 0.2) is 0 Å². The van der Waals surface area contributed by atoms with Crippen molar-refractivity contribution < 1.29 is 4.79 Å². The molecule has 0 radical (unpaired) electrons. The molecule has 1 aromatic rings. The molecule has 21 heavy (non-hydrogen) atoms. The van der Waals surface area contributed by atoms with Gasteiger partial charge in [0.25, 0.3) is 5.91 Å². The van der Waals surface area contributed by atoms with Crippen LogP contribution in [0, 0.1) is 12.8 Å². The Morgan fingerprint density at radius 3 is 2.57 bits per heavy atom. The number of rotatable bonds is 4. The van der Waals surface area contributed by atoms with Crippen LogP contribution in [0.1, 0.15) is 36.3 Å². The lowest BCUT2D eigenvalue weighted by atomic mass is 10.1. The summed E-state index contributed by atoms with van der Waals surface area (Å²) in [5.41, 5.74) is 1.34. The molecule has 0 saturated carbocycles. The van der Waals surface area contributed by atoms with Crippen molar-refractivity contribution in [3.05, 3.63) is 28.5 Å². The van der Waals surface area contributed by atoms with E-state index in [-0.39, 0.29) is 5.91 Å². The standard InChI is InChI=1S/C16H24ClN3O/c1-12(2)4-5-19-6-8-20(9-7-19)16(21)14-11-18-13(3)10-15(14)17/h10-12H,4-9H2,1-3H3. The molecule has 0 N–H and O–H groups in total. The number of amides is 1. The Bertz CT molecular complexity index is 496. The van der Waals surface area contributed by atoms with Gasteiger partial charge in [0.2, 0.25) is 0 Å². The van der Waals surface area contributed by atoms with Gasteiger partial charge in [-0.2, -0.15) is 0 Å². The molecular weight excluding hydrogens is 286 g/mol. The van der Waals surface area contributed by atoms with E-state index in [1.54, 1.807) is 12.3 Å². The number of hydrogen-bond acceptors (Lipinski definition) is 3. The van der Waals surface area contributed by atoms with Crippen LogP contribution >= 0.6 is 11.6 Å². The molecule has 0 bridgehead atoms. The number of nitrogens with zero attached hydrogens (tertiary/aromatic N) is 3. The monoisotopic (exact) mass is 309 g/mol. The zero-order chi connectivity index (χ0) is 15.4. The summed E-state index contributed by atoms with van der Waals surface area (Å²) in [5.74, 6) is 0.720. The van der Waals surface area contributed by atoms with Crippen molar-refractivity contribution in [1.82, 2.24) is 14.8 Å². The summed E-state index contributed by atoms with van der Waals surface area (Å²) < 4.78 is 0. The van der Waals surface area contributed by atoms with Gasteiger partial charge >= 0.3 is 0 Å². The van der Waals surface area contributed by atoms with E-state index in [4.69, 9.17) is 11.6 Å². The van der Waals surface area contributed by atoms with Crippen molar-refractivity contribution in [2.45, 2.75) is 27.2 Å². The van der Waals surface area contributed by atoms with Crippen molar-refractivity contribution in [2.75, 3.05) is 32.7 Å². The fraction of sp³-hybridized carbons (Fsp3) is 0.625. The molecule has 1 aliphatic heterocycles. The second-order valence-electron chi connectivity index (χ2n) is 6.12. The minimum absolute atomic E-state index is 0.00369. The second kappa shape index (κ2) is 7.23. The summed E-state index contributed by atoms with van der Waals surface area (Å²) >= 11 is 6.16. The molecule has 5 heteroatoms. The molecule has 0 aliphatic carbocycles. The van der Waals surface area contributed by atoms with Gasteiger partial charge < -0.3 is 4.90 Å². The van der Waals surface area contributed by atoms with Gasteiger partial charge in [-0.15, -0.1) is 0 Å². The molecule has 2 heterocycles. The molecule has 1 aromatic heterocycles. The Morgan fingerprint density at radius 1 is 1.33 bits per heavy atom. The first-order chi connectivity index (χ1) is 9.97. The van der Waals surface area contributed by atoms with Crippen LogP contribution in [0.25, 0.3) is 0 Å². The van der Waals surface area contributed by atoms with E-state index >= 15 is 0 Å². The Morgan fingerprint density at radius 2 is 2.00 bits per heavy atom. The molecule has 0 spiro atoms. The third-order valence-corrected chi connectivity index (χ3v) is 4.22. The third-order valence-electron chi connectivity index (χ3n) is 3.90. The van der Waals surface area contributed by atoms with Crippen molar-refractivity contribution >= 4 is 17.5 Å². The minimum Gasteiger partial charge on any atom is -0.336 e. The van der Waals surface area contributed by atoms with Crippen LogP contribution in [-0.2, 0) is 0 Å². The highest BCUT2D eigenvalue weighted by Crippen LogP contribution is 2.18. The van der Waals surface area contributed by atoms with E-state index in [9.17, 15) is 4.79 Å². The number of carbonyl (C=O) groups excluding carboxylic acids is 1. The van der Waals surface area contributed by atoms with Gasteiger partial charge in [-0.25, -0.2) is 0 Å². The Balaban J connectivity index is 1.91. The van der Waals surface area contributed by atoms with Crippen molar-refractivity contribution in [2.24, 2.45) is 5.92 Å². The van der Waals surface area contributed by atoms with Crippen LogP contribution in [-0.4, -0.2) is 53.4 Å². The highest BCUT2D eigenvalue weighted by molar-refractivity contribution is 6.33. The summed E-state index contributed by atoms with van der Waals surface area (Å²) in [4.78, 5) is 21.0. The van der Waals surface area contributed by atoms with Gasteiger partial charge in [-0.3, -0.25) is 14.7 Å². The molecule has 1 aliphatic rings. The Hall–Kier alpha value is -1.13. The predicted octanol–water partition coefficient (Wildman–Crippen LogP) is 2.85. The first-order valence-corrected chi connectivity index (χ1v) is 7.99. The molecule has 1 fully saturated rings. The number of aromatic nitrogens is 1. The summed E-state index contributed by atoms with van der Waals surface area (Å²) in [6.45, 7) is 10.9. The number of pyridine rings is 1. The molecule has 2 rings (SSSR count). The molecule has 116 valence electrons. The Kier molecular flexibility index (Phi) is 5.59. The van der Waals surface area contributed by atoms with E-state index in [2.05, 4.69) is 23.7 Å². The van der Waals surface area contributed by atoms with Crippen LogP contribution in [0.2, 0.25) is 5.02 Å². The topological polar surface area (TPSA) is 36.4 Å². The summed E-state index contributed by atoms with van der Waals surface area (Å²) in [6.07, 6.45) is 2.80. The van der Waals surface area contributed by atoms with Gasteiger partial charge in [0, 0.05) is 38.1 Å². The fourth-order valence-corrected chi connectivity index (χ4v) is 2.76. The molecule has 1 amide bonds. The van der Waals surface area contributed by atoms with Crippen LogP contribution in [0.3, 0.4) is 0 Å². The lowest BCUT2D eigenvalue weighted by Gasteiger charge is -2.35. The van der Waals surface area contributed by atoms with E-state index in [1.807, 2.05) is 11.8 Å². The van der Waals surface area contributed by atoms with Crippen LogP contribution in [0.5, 0.6) is 0 Å². The zero-order valence-electron chi connectivity index (χ0n) is 13.1. The highest BCUT2D eigenvalue weighted by Gasteiger charge is 2.23. The normalized spacial score (nSPS) is 16.5. The van der Waals surface area contributed by atoms with Gasteiger partial charge in [-0.1, -0.05) is 25.4 Å². The van der Waals surface area contributed by atoms with Gasteiger partial charge in [0.1, 0.15) is 0 Å². The van der Waals surface area contributed by atoms with Crippen molar-refractivity contribution in [1.29, 1.82) is 0 Å². The third kappa shape index (κ3) is 4.42. The molecule has 1 saturated heterocycles. The first-order valence-electron chi connectivity index (χ1n) is 7.61. The van der Waals surface area contributed by atoms with Gasteiger partial charge in [0.05, 0.1) is 10.6 Å². The maximum absolute atomic E-state index is 12.5. The quantitative estimate of drug-likeness (QED) is 0.858.